The van der Waals surface area contributed by atoms with Crippen LogP contribution in [0.1, 0.15) is 17.5 Å². The van der Waals surface area contributed by atoms with Gasteiger partial charge < -0.3 is 74.6 Å². The molecular formula is C44H47N3O16. The monoisotopic (exact) mass is 873 g/mol. The van der Waals surface area contributed by atoms with Gasteiger partial charge in [0.2, 0.25) is 11.9 Å². The second kappa shape index (κ2) is 17.8. The van der Waals surface area contributed by atoms with Crippen LogP contribution in [0, 0.1) is 19.8 Å². The van der Waals surface area contributed by atoms with Crippen LogP contribution in [0.2, 0.25) is 0 Å². The van der Waals surface area contributed by atoms with Gasteiger partial charge in [-0.2, -0.15) is 4.73 Å². The number of H-pyrrole nitrogens is 1. The number of ether oxygens (including phenoxy) is 3. The third-order valence-corrected chi connectivity index (χ3v) is 11.2. The van der Waals surface area contributed by atoms with Crippen molar-refractivity contribution in [1.29, 1.82) is 0 Å². The number of esters is 1. The van der Waals surface area contributed by atoms with Crippen LogP contribution in [0.3, 0.4) is 0 Å². The number of carboxylic acids is 1. The lowest BCUT2D eigenvalue weighted by Crippen LogP contribution is -2.76. The molecule has 10 N–H and O–H groups in total. The maximum atomic E-state index is 13.6. The summed E-state index contributed by atoms with van der Waals surface area (Å²) in [7, 11) is 1.33. The first-order valence-electron chi connectivity index (χ1n) is 19.8. The number of rotatable bonds is 16. The van der Waals surface area contributed by atoms with Gasteiger partial charge in [0.15, 0.2) is 17.5 Å². The molecule has 1 aliphatic rings. The fourth-order valence-corrected chi connectivity index (χ4v) is 7.97. The summed E-state index contributed by atoms with van der Waals surface area (Å²) in [5.74, 6) is -8.81. The Morgan fingerprint density at radius 1 is 1.00 bits per heavy atom. The highest BCUT2D eigenvalue weighted by molar-refractivity contribution is 5.95. The van der Waals surface area contributed by atoms with Crippen LogP contribution in [0.4, 0.5) is 0 Å². The third-order valence-electron chi connectivity index (χ3n) is 11.2. The molecule has 334 valence electrons. The highest BCUT2D eigenvalue weighted by Crippen LogP contribution is 2.40. The molecule has 8 unspecified atom stereocenters. The number of carbonyl (C=O) groups excluding carboxylic acids is 1. The van der Waals surface area contributed by atoms with E-state index in [0.717, 1.165) is 11.1 Å². The van der Waals surface area contributed by atoms with Crippen molar-refractivity contribution in [2.24, 2.45) is 5.92 Å². The van der Waals surface area contributed by atoms with Gasteiger partial charge in [-0.1, -0.05) is 29.3 Å². The normalized spacial score (nSPS) is 22.0. The number of benzene rings is 3. The van der Waals surface area contributed by atoms with Gasteiger partial charge in [-0.05, 0) is 75.3 Å². The van der Waals surface area contributed by atoms with Crippen molar-refractivity contribution in [3.05, 3.63) is 107 Å². The largest absolute Gasteiger partial charge is 0.508 e. The number of aliphatic hydroxyl groups is 6. The molecule has 0 spiro atoms. The smallest absolute Gasteiger partial charge is 0.324 e. The van der Waals surface area contributed by atoms with E-state index in [1.807, 2.05) is 32.0 Å². The Labute approximate surface area is 357 Å². The molecule has 1 fully saturated rings. The number of phenolic OH excluding ortho intramolecular Hbond substituents is 1. The van der Waals surface area contributed by atoms with E-state index in [9.17, 15) is 55.2 Å². The van der Waals surface area contributed by atoms with E-state index in [2.05, 4.69) is 10.3 Å². The third kappa shape index (κ3) is 8.35. The molecule has 1 saturated heterocycles. The Morgan fingerprint density at radius 3 is 2.35 bits per heavy atom. The van der Waals surface area contributed by atoms with Gasteiger partial charge in [-0.3, -0.25) is 14.4 Å². The maximum Gasteiger partial charge on any atom is 0.324 e. The molecule has 19 nitrogen and oxygen atoms in total. The van der Waals surface area contributed by atoms with E-state index in [1.54, 1.807) is 12.3 Å². The van der Waals surface area contributed by atoms with Crippen LogP contribution in [0.5, 0.6) is 11.5 Å². The standard InChI is InChI=1S/C44H47N3O16/c1-22-14-23(2)16-26(15-22)35-34-25(10-12-46-34)18-47(35)63-43(20-49)38(54)37(53)39(44(58,21-50)62-41(57)33(40(55)56)31(45-3)11-13-48)61-42(43)60-28-8-9-29-32(17-28)59-19-30(36(29)52)24-4-6-27(51)7-5-24/h4-10,12,14-19,31,33,37-39,42,45-46,48-51,53-54,58H,11,13,20-21H2,1-3H3,(H,55,56). The van der Waals surface area contributed by atoms with Crippen molar-refractivity contribution in [2.45, 2.75) is 62.3 Å². The summed E-state index contributed by atoms with van der Waals surface area (Å²) in [5.41, 5.74) is 1.11. The Morgan fingerprint density at radius 2 is 1.71 bits per heavy atom. The first-order chi connectivity index (χ1) is 30.1. The number of carbonyl (C=O) groups is 2. The molecule has 0 amide bonds. The number of aliphatic hydroxyl groups excluding tert-OH is 5. The minimum atomic E-state index is -3.29. The maximum absolute atomic E-state index is 13.6. The van der Waals surface area contributed by atoms with Crippen molar-refractivity contribution >= 4 is 33.8 Å². The number of aromatic hydroxyl groups is 1. The zero-order valence-corrected chi connectivity index (χ0v) is 34.2. The molecule has 7 rings (SSSR count). The van der Waals surface area contributed by atoms with Crippen LogP contribution in [0.25, 0.3) is 44.3 Å². The predicted molar refractivity (Wildman–Crippen MR) is 222 cm³/mol. The van der Waals surface area contributed by atoms with Gasteiger partial charge in [-0.25, -0.2) is 0 Å². The second-order valence-electron chi connectivity index (χ2n) is 15.5. The number of aromatic amines is 1. The number of fused-ring (bicyclic) bond motifs is 2. The highest BCUT2D eigenvalue weighted by atomic mass is 16.8. The fraction of sp³-hybridized carbons (Fsp3) is 0.341. The molecular weight excluding hydrogens is 826 g/mol. The summed E-state index contributed by atoms with van der Waals surface area (Å²) in [6, 6.07) is 16.1. The number of aryl methyl sites for hydroxylation is 2. The molecule has 0 aliphatic carbocycles. The van der Waals surface area contributed by atoms with Gasteiger partial charge in [0.05, 0.1) is 29.3 Å². The molecule has 6 aromatic rings. The van der Waals surface area contributed by atoms with E-state index in [-0.39, 0.29) is 34.5 Å². The molecule has 4 heterocycles. The quantitative estimate of drug-likeness (QED) is 0.0373. The van der Waals surface area contributed by atoms with Gasteiger partial charge in [0, 0.05) is 35.9 Å². The minimum Gasteiger partial charge on any atom is -0.508 e. The zero-order valence-electron chi connectivity index (χ0n) is 34.2. The second-order valence-corrected chi connectivity index (χ2v) is 15.5. The highest BCUT2D eigenvalue weighted by Gasteiger charge is 2.65. The fourth-order valence-electron chi connectivity index (χ4n) is 7.97. The average molecular weight is 874 g/mol. The van der Waals surface area contributed by atoms with E-state index in [0.29, 0.717) is 27.7 Å². The SMILES string of the molecule is CNC(CCO)C(C(=O)O)C(=O)OC(O)(CO)C1OC(Oc2ccc3c(=O)c(-c4ccc(O)cc4)coc3c2)C(CO)(On2cc3cc[nH]c3c2-c2cc(C)cc(C)c2)C(O)C1O. The average Bonchev–Trinajstić information content (AvgIpc) is 3.84. The Balaban J connectivity index is 1.32. The van der Waals surface area contributed by atoms with E-state index in [1.165, 1.54) is 66.7 Å². The number of carboxylic acid groups (broad SMARTS) is 1. The molecule has 0 radical (unpaired) electrons. The summed E-state index contributed by atoms with van der Waals surface area (Å²) in [5, 5.41) is 90.0. The van der Waals surface area contributed by atoms with Crippen molar-refractivity contribution in [3.63, 3.8) is 0 Å². The molecule has 3 aromatic heterocycles. The van der Waals surface area contributed by atoms with Crippen LogP contribution in [-0.2, 0) is 19.1 Å². The molecule has 0 saturated carbocycles. The lowest BCUT2D eigenvalue weighted by atomic mass is 9.84. The summed E-state index contributed by atoms with van der Waals surface area (Å²) >= 11 is 0. The van der Waals surface area contributed by atoms with Crippen LogP contribution in [0.15, 0.2) is 94.6 Å². The van der Waals surface area contributed by atoms with Crippen molar-refractivity contribution in [1.82, 2.24) is 15.0 Å². The minimum absolute atomic E-state index is 0.00256. The van der Waals surface area contributed by atoms with Crippen LogP contribution >= 0.6 is 0 Å². The number of aliphatic carboxylic acids is 1. The predicted octanol–water partition coefficient (Wildman–Crippen LogP) is 1.31. The number of aromatic nitrogens is 2. The van der Waals surface area contributed by atoms with Crippen LogP contribution < -0.4 is 20.3 Å². The number of nitrogens with one attached hydrogen (secondary N) is 2. The van der Waals surface area contributed by atoms with E-state index >= 15 is 0 Å². The van der Waals surface area contributed by atoms with E-state index in [4.69, 9.17) is 23.5 Å². The summed E-state index contributed by atoms with van der Waals surface area (Å²) < 4.78 is 24.6. The van der Waals surface area contributed by atoms with Gasteiger partial charge >= 0.3 is 11.9 Å². The van der Waals surface area contributed by atoms with Crippen molar-refractivity contribution < 1.29 is 73.9 Å². The topological polar surface area (TPSA) is 296 Å². The first-order valence-corrected chi connectivity index (χ1v) is 19.8. The molecule has 0 bridgehead atoms. The molecule has 63 heavy (non-hydrogen) atoms. The lowest BCUT2D eigenvalue weighted by molar-refractivity contribution is -0.384. The summed E-state index contributed by atoms with van der Waals surface area (Å²) in [6.07, 6.45) is -4.94. The summed E-state index contributed by atoms with van der Waals surface area (Å²) in [6.45, 7) is 0.565. The zero-order chi connectivity index (χ0) is 45.4. The molecule has 3 aromatic carbocycles. The molecule has 1 aliphatic heterocycles. The van der Waals surface area contributed by atoms with Gasteiger partial charge in [0.1, 0.15) is 47.9 Å². The number of nitrogens with zero attached hydrogens (tertiary/aromatic N) is 1. The molecule has 19 heteroatoms. The Bertz CT molecular complexity index is 2660. The van der Waals surface area contributed by atoms with Crippen LogP contribution in [-0.4, -0.2) is 131 Å². The lowest BCUT2D eigenvalue weighted by Gasteiger charge is -2.51. The van der Waals surface area contributed by atoms with Gasteiger partial charge in [-0.15, -0.1) is 0 Å². The van der Waals surface area contributed by atoms with Crippen molar-refractivity contribution in [2.75, 3.05) is 26.9 Å². The van der Waals surface area contributed by atoms with E-state index < -0.39 is 85.1 Å². The molecule has 8 atom stereocenters. The van der Waals surface area contributed by atoms with Gasteiger partial charge in [0.25, 0.3) is 5.79 Å². The Hall–Kier alpha value is -6.29. The number of hydrogen-bond acceptors (Lipinski definition) is 16. The summed E-state index contributed by atoms with van der Waals surface area (Å²) in [4.78, 5) is 49.0. The first kappa shape index (κ1) is 44.8. The van der Waals surface area contributed by atoms with Crippen molar-refractivity contribution in [3.8, 4) is 33.9 Å². The number of phenols is 1. The number of hydrogen-bond donors (Lipinski definition) is 10. The Kier molecular flexibility index (Phi) is 12.7.